The summed E-state index contributed by atoms with van der Waals surface area (Å²) in [4.78, 5) is 14.8. The van der Waals surface area contributed by atoms with Crippen molar-refractivity contribution in [1.82, 2.24) is 4.90 Å². The Balaban J connectivity index is 0.00000225. The molecule has 92 valence electrons. The molecule has 0 radical (unpaired) electrons. The highest BCUT2D eigenvalue weighted by Gasteiger charge is 2.07. The Morgan fingerprint density at radius 3 is 2.75 bits per heavy atom. The van der Waals surface area contributed by atoms with Crippen LogP contribution >= 0.6 is 11.3 Å². The van der Waals surface area contributed by atoms with Crippen molar-refractivity contribution in [1.29, 1.82) is 0 Å². The van der Waals surface area contributed by atoms with Crippen molar-refractivity contribution in [3.8, 4) is 0 Å². The first-order valence-corrected chi connectivity index (χ1v) is 6.37. The molecular weight excluding hydrogens is 242 g/mol. The Kier molecular flexibility index (Phi) is 8.53. The number of rotatable bonds is 7. The van der Waals surface area contributed by atoms with Crippen LogP contribution in [-0.4, -0.2) is 30.8 Å². The first-order valence-electron chi connectivity index (χ1n) is 5.49. The van der Waals surface area contributed by atoms with Gasteiger partial charge in [-0.25, -0.2) is 0 Å². The third kappa shape index (κ3) is 5.64. The maximum absolute atomic E-state index is 11.7. The summed E-state index contributed by atoms with van der Waals surface area (Å²) in [6.45, 7) is 4.15. The van der Waals surface area contributed by atoms with Crippen molar-refractivity contribution in [2.75, 3.05) is 20.1 Å². The summed E-state index contributed by atoms with van der Waals surface area (Å²) in [5, 5.41) is 1.95. The third-order valence-electron chi connectivity index (χ3n) is 2.41. The van der Waals surface area contributed by atoms with Gasteiger partial charge in [-0.3, -0.25) is 4.79 Å². The van der Waals surface area contributed by atoms with Gasteiger partial charge in [-0.15, -0.1) is 11.3 Å². The zero-order valence-corrected chi connectivity index (χ0v) is 11.5. The quantitative estimate of drug-likeness (QED) is 0.646. The third-order valence-corrected chi connectivity index (χ3v) is 3.32. The van der Waals surface area contributed by atoms with Crippen molar-refractivity contribution in [2.24, 2.45) is 0 Å². The van der Waals surface area contributed by atoms with E-state index in [0.717, 1.165) is 18.0 Å². The topological polar surface area (TPSA) is 20.3 Å². The molecular formula is C12H19ClNOS-. The molecule has 0 saturated carbocycles. The largest absolute Gasteiger partial charge is 1.00 e. The van der Waals surface area contributed by atoms with Gasteiger partial charge < -0.3 is 17.3 Å². The van der Waals surface area contributed by atoms with Crippen LogP contribution < -0.4 is 12.4 Å². The molecule has 0 N–H and O–H groups in total. The van der Waals surface area contributed by atoms with E-state index in [4.69, 9.17) is 0 Å². The molecule has 0 amide bonds. The van der Waals surface area contributed by atoms with Crippen LogP contribution in [0, 0.1) is 0 Å². The van der Waals surface area contributed by atoms with Gasteiger partial charge in [0.15, 0.2) is 5.78 Å². The first kappa shape index (κ1) is 15.6. The van der Waals surface area contributed by atoms with Crippen LogP contribution in [0.4, 0.5) is 0 Å². The fraction of sp³-hybridized carbons (Fsp3) is 0.583. The van der Waals surface area contributed by atoms with E-state index >= 15 is 0 Å². The van der Waals surface area contributed by atoms with Gasteiger partial charge in [0, 0.05) is 13.0 Å². The van der Waals surface area contributed by atoms with Crippen molar-refractivity contribution in [3.63, 3.8) is 0 Å². The molecule has 1 aromatic rings. The highest BCUT2D eigenvalue weighted by atomic mass is 35.5. The number of Topliss-reactive ketones (excluding diaryl/α,β-unsaturated/α-hetero) is 1. The van der Waals surface area contributed by atoms with Crippen LogP contribution in [0.3, 0.4) is 0 Å². The minimum Gasteiger partial charge on any atom is -1.00 e. The van der Waals surface area contributed by atoms with Crippen LogP contribution in [0.15, 0.2) is 17.5 Å². The minimum absolute atomic E-state index is 0. The second kappa shape index (κ2) is 8.74. The molecule has 0 aliphatic rings. The summed E-state index contributed by atoms with van der Waals surface area (Å²) >= 11 is 1.53. The van der Waals surface area contributed by atoms with Crippen LogP contribution in [0.1, 0.15) is 35.9 Å². The Bertz CT molecular complexity index is 287. The predicted octanol–water partition coefficient (Wildman–Crippen LogP) is 0.0568. The van der Waals surface area contributed by atoms with Crippen molar-refractivity contribution >= 4 is 17.1 Å². The van der Waals surface area contributed by atoms with Gasteiger partial charge in [0.1, 0.15) is 0 Å². The highest BCUT2D eigenvalue weighted by molar-refractivity contribution is 7.12. The lowest BCUT2D eigenvalue weighted by molar-refractivity contribution is -0.0000112. The summed E-state index contributed by atoms with van der Waals surface area (Å²) in [5.74, 6) is 0.272. The van der Waals surface area contributed by atoms with Gasteiger partial charge in [0.05, 0.1) is 4.88 Å². The molecule has 0 bridgehead atoms. The van der Waals surface area contributed by atoms with E-state index in [2.05, 4.69) is 18.9 Å². The second-order valence-corrected chi connectivity index (χ2v) is 4.76. The summed E-state index contributed by atoms with van der Waals surface area (Å²) in [6, 6.07) is 3.83. The first-order chi connectivity index (χ1) is 7.24. The number of hydrogen-bond donors (Lipinski definition) is 0. The van der Waals surface area contributed by atoms with Crippen LogP contribution in [-0.2, 0) is 0 Å². The molecule has 1 aromatic heterocycles. The van der Waals surface area contributed by atoms with E-state index in [1.807, 2.05) is 17.5 Å². The molecule has 0 aliphatic heterocycles. The molecule has 0 aliphatic carbocycles. The molecule has 0 atom stereocenters. The number of ketones is 1. The lowest BCUT2D eigenvalue weighted by Crippen LogP contribution is -3.00. The normalized spacial score (nSPS) is 10.2. The van der Waals surface area contributed by atoms with Gasteiger partial charge in [-0.05, 0) is 31.5 Å². The number of hydrogen-bond acceptors (Lipinski definition) is 3. The number of halogens is 1. The molecule has 16 heavy (non-hydrogen) atoms. The number of thiophene rings is 1. The maximum Gasteiger partial charge on any atom is 0.174 e. The Morgan fingerprint density at radius 2 is 2.19 bits per heavy atom. The van der Waals surface area contributed by atoms with Gasteiger partial charge >= 0.3 is 0 Å². The van der Waals surface area contributed by atoms with E-state index in [9.17, 15) is 4.79 Å². The average Bonchev–Trinajstić information content (AvgIpc) is 2.76. The van der Waals surface area contributed by atoms with Crippen molar-refractivity contribution in [2.45, 2.75) is 26.2 Å². The predicted molar refractivity (Wildman–Crippen MR) is 65.7 cm³/mol. The van der Waals surface area contributed by atoms with Gasteiger partial charge in [0.2, 0.25) is 0 Å². The van der Waals surface area contributed by atoms with E-state index in [1.54, 1.807) is 0 Å². The van der Waals surface area contributed by atoms with Crippen LogP contribution in [0.5, 0.6) is 0 Å². The summed E-state index contributed by atoms with van der Waals surface area (Å²) in [7, 11) is 2.08. The molecule has 2 nitrogen and oxygen atoms in total. The highest BCUT2D eigenvalue weighted by Crippen LogP contribution is 2.11. The van der Waals surface area contributed by atoms with Gasteiger partial charge in [-0.1, -0.05) is 19.4 Å². The van der Waals surface area contributed by atoms with E-state index in [-0.39, 0.29) is 18.2 Å². The monoisotopic (exact) mass is 260 g/mol. The Labute approximate surface area is 108 Å². The molecule has 1 rings (SSSR count). The average molecular weight is 261 g/mol. The fourth-order valence-corrected chi connectivity index (χ4v) is 2.09. The van der Waals surface area contributed by atoms with Crippen molar-refractivity contribution < 1.29 is 17.2 Å². The Hall–Kier alpha value is -0.380. The Morgan fingerprint density at radius 1 is 1.44 bits per heavy atom. The molecule has 4 heteroatoms. The maximum atomic E-state index is 11.7. The standard InChI is InChI=1S/C12H19NOS.ClH/c1-3-4-8-13(2)9-7-11(14)12-6-5-10-15-12;/h5-6,10H,3-4,7-9H2,1-2H3;1H/p-1. The fourth-order valence-electron chi connectivity index (χ4n) is 1.39. The molecule has 0 spiro atoms. The molecule has 0 saturated heterocycles. The zero-order valence-electron chi connectivity index (χ0n) is 9.91. The lowest BCUT2D eigenvalue weighted by Gasteiger charge is -2.14. The minimum atomic E-state index is 0. The number of unbranched alkanes of at least 4 members (excludes halogenated alkanes) is 1. The van der Waals surface area contributed by atoms with E-state index in [0.29, 0.717) is 6.42 Å². The second-order valence-electron chi connectivity index (χ2n) is 3.81. The van der Waals surface area contributed by atoms with Crippen molar-refractivity contribution in [3.05, 3.63) is 22.4 Å². The van der Waals surface area contributed by atoms with E-state index in [1.165, 1.54) is 24.2 Å². The number of carbonyl (C=O) groups excluding carboxylic acids is 1. The smallest absolute Gasteiger partial charge is 0.174 e. The summed E-state index contributed by atoms with van der Waals surface area (Å²) < 4.78 is 0. The molecule has 0 unspecified atom stereocenters. The summed E-state index contributed by atoms with van der Waals surface area (Å²) in [6.07, 6.45) is 3.06. The van der Waals surface area contributed by atoms with Crippen LogP contribution in [0.2, 0.25) is 0 Å². The van der Waals surface area contributed by atoms with Gasteiger partial charge in [0.25, 0.3) is 0 Å². The number of nitrogens with zero attached hydrogens (tertiary/aromatic N) is 1. The number of carbonyl (C=O) groups is 1. The SMILES string of the molecule is CCCCN(C)CCC(=O)c1cccs1.[Cl-]. The molecule has 0 aromatic carbocycles. The zero-order chi connectivity index (χ0) is 11.1. The lowest BCUT2D eigenvalue weighted by atomic mass is 10.2. The molecule has 1 heterocycles. The van der Waals surface area contributed by atoms with E-state index < -0.39 is 0 Å². The van der Waals surface area contributed by atoms with Gasteiger partial charge in [-0.2, -0.15) is 0 Å². The molecule has 0 fully saturated rings. The van der Waals surface area contributed by atoms with Crippen LogP contribution in [0.25, 0.3) is 0 Å². The summed E-state index contributed by atoms with van der Waals surface area (Å²) in [5.41, 5.74) is 0.